The van der Waals surface area contributed by atoms with Crippen molar-refractivity contribution in [3.63, 3.8) is 0 Å². The first-order chi connectivity index (χ1) is 12.5. The lowest BCUT2D eigenvalue weighted by atomic mass is 10.1. The van der Waals surface area contributed by atoms with Crippen molar-refractivity contribution >= 4 is 29.6 Å². The maximum absolute atomic E-state index is 12.8. The molecule has 0 aliphatic rings. The van der Waals surface area contributed by atoms with Gasteiger partial charge in [-0.05, 0) is 48.0 Å². The molecule has 0 radical (unpaired) electrons. The molecule has 134 valence electrons. The Morgan fingerprint density at radius 3 is 2.31 bits per heavy atom. The molecule has 0 spiro atoms. The van der Waals surface area contributed by atoms with Crippen LogP contribution in [-0.2, 0) is 19.1 Å². The quantitative estimate of drug-likeness (QED) is 0.635. The van der Waals surface area contributed by atoms with Gasteiger partial charge in [-0.25, -0.2) is 14.0 Å². The zero-order valence-electron chi connectivity index (χ0n) is 13.9. The minimum absolute atomic E-state index is 0.393. The van der Waals surface area contributed by atoms with Gasteiger partial charge in [-0.1, -0.05) is 12.1 Å². The second kappa shape index (κ2) is 9.12. The van der Waals surface area contributed by atoms with E-state index in [1.165, 1.54) is 43.5 Å². The molecule has 0 unspecified atom stereocenters. The summed E-state index contributed by atoms with van der Waals surface area (Å²) in [4.78, 5) is 34.6. The average Bonchev–Trinajstić information content (AvgIpc) is 2.66. The molecule has 26 heavy (non-hydrogen) atoms. The van der Waals surface area contributed by atoms with E-state index < -0.39 is 30.3 Å². The normalized spacial score (nSPS) is 10.4. The molecule has 0 fully saturated rings. The van der Waals surface area contributed by atoms with Crippen LogP contribution >= 0.6 is 0 Å². The number of rotatable bonds is 6. The maximum Gasteiger partial charge on any atom is 0.337 e. The van der Waals surface area contributed by atoms with Crippen LogP contribution in [0.2, 0.25) is 0 Å². The molecule has 2 rings (SSSR count). The predicted octanol–water partition coefficient (Wildman–Crippen LogP) is 2.81. The Bertz CT molecular complexity index is 813. The molecule has 0 atom stereocenters. The zero-order chi connectivity index (χ0) is 18.9. The number of ether oxygens (including phenoxy) is 2. The number of carbonyl (C=O) groups is 3. The van der Waals surface area contributed by atoms with E-state index in [4.69, 9.17) is 4.74 Å². The first-order valence-electron chi connectivity index (χ1n) is 7.56. The number of hydrogen-bond acceptors (Lipinski definition) is 5. The molecule has 0 saturated heterocycles. The molecule has 0 aromatic heterocycles. The second-order valence-corrected chi connectivity index (χ2v) is 5.11. The van der Waals surface area contributed by atoms with Crippen molar-refractivity contribution in [2.75, 3.05) is 19.0 Å². The molecule has 1 amide bonds. The topological polar surface area (TPSA) is 81.7 Å². The molecule has 0 saturated carbocycles. The highest BCUT2D eigenvalue weighted by Crippen LogP contribution is 2.09. The molecule has 2 aromatic rings. The monoisotopic (exact) mass is 357 g/mol. The van der Waals surface area contributed by atoms with E-state index in [0.29, 0.717) is 16.8 Å². The third kappa shape index (κ3) is 5.86. The van der Waals surface area contributed by atoms with Crippen LogP contribution in [0.4, 0.5) is 10.1 Å². The van der Waals surface area contributed by atoms with Gasteiger partial charge in [0.2, 0.25) is 0 Å². The molecule has 6 nitrogen and oxygen atoms in total. The third-order valence-corrected chi connectivity index (χ3v) is 3.22. The van der Waals surface area contributed by atoms with Gasteiger partial charge in [-0.15, -0.1) is 0 Å². The number of benzene rings is 2. The van der Waals surface area contributed by atoms with E-state index >= 15 is 0 Å². The summed E-state index contributed by atoms with van der Waals surface area (Å²) in [6.45, 7) is -0.470. The summed E-state index contributed by atoms with van der Waals surface area (Å²) in [6, 6.07) is 11.6. The smallest absolute Gasteiger partial charge is 0.337 e. The molecule has 7 heteroatoms. The SMILES string of the molecule is COC(=O)c1ccc(/C=C/C(=O)OCC(=O)Nc2ccc(F)cc2)cc1. The van der Waals surface area contributed by atoms with Gasteiger partial charge in [0.25, 0.3) is 5.91 Å². The fourth-order valence-electron chi connectivity index (χ4n) is 1.93. The minimum atomic E-state index is -0.698. The van der Waals surface area contributed by atoms with Crippen molar-refractivity contribution in [3.05, 3.63) is 71.6 Å². The largest absolute Gasteiger partial charge is 0.465 e. The van der Waals surface area contributed by atoms with Crippen LogP contribution in [0.3, 0.4) is 0 Å². The Kier molecular flexibility index (Phi) is 6.61. The highest BCUT2D eigenvalue weighted by atomic mass is 19.1. The fraction of sp³-hybridized carbons (Fsp3) is 0.105. The van der Waals surface area contributed by atoms with Crippen LogP contribution < -0.4 is 5.32 Å². The number of halogens is 1. The van der Waals surface area contributed by atoms with E-state index in [-0.39, 0.29) is 0 Å². The molecular formula is C19H16FNO5. The van der Waals surface area contributed by atoms with E-state index in [0.717, 1.165) is 0 Å². The number of nitrogens with one attached hydrogen (secondary N) is 1. The van der Waals surface area contributed by atoms with Crippen molar-refractivity contribution in [1.82, 2.24) is 0 Å². The number of amides is 1. The molecule has 0 aliphatic heterocycles. The molecule has 1 N–H and O–H groups in total. The van der Waals surface area contributed by atoms with Gasteiger partial charge >= 0.3 is 11.9 Å². The van der Waals surface area contributed by atoms with Gasteiger partial charge < -0.3 is 14.8 Å². The zero-order valence-corrected chi connectivity index (χ0v) is 13.9. The first-order valence-corrected chi connectivity index (χ1v) is 7.56. The van der Waals surface area contributed by atoms with E-state index in [1.807, 2.05) is 0 Å². The van der Waals surface area contributed by atoms with Crippen molar-refractivity contribution in [3.8, 4) is 0 Å². The molecule has 0 heterocycles. The van der Waals surface area contributed by atoms with Gasteiger partial charge in [0.15, 0.2) is 6.61 Å². The van der Waals surface area contributed by atoms with Crippen molar-refractivity contribution in [1.29, 1.82) is 0 Å². The van der Waals surface area contributed by atoms with Crippen molar-refractivity contribution in [2.24, 2.45) is 0 Å². The average molecular weight is 357 g/mol. The second-order valence-electron chi connectivity index (χ2n) is 5.11. The Hall–Kier alpha value is -3.48. The van der Waals surface area contributed by atoms with Gasteiger partial charge in [0.05, 0.1) is 12.7 Å². The number of esters is 2. The molecule has 2 aromatic carbocycles. The summed E-state index contributed by atoms with van der Waals surface area (Å²) < 4.78 is 22.2. The van der Waals surface area contributed by atoms with Crippen LogP contribution in [0.25, 0.3) is 6.08 Å². The van der Waals surface area contributed by atoms with E-state index in [2.05, 4.69) is 10.1 Å². The minimum Gasteiger partial charge on any atom is -0.465 e. The van der Waals surface area contributed by atoms with Gasteiger partial charge in [-0.2, -0.15) is 0 Å². The van der Waals surface area contributed by atoms with Crippen molar-refractivity contribution < 1.29 is 28.2 Å². The molecule has 0 aliphatic carbocycles. The summed E-state index contributed by atoms with van der Waals surface area (Å²) >= 11 is 0. The van der Waals surface area contributed by atoms with Gasteiger partial charge in [-0.3, -0.25) is 4.79 Å². The number of hydrogen-bond donors (Lipinski definition) is 1. The summed E-state index contributed by atoms with van der Waals surface area (Å²) in [5.41, 5.74) is 1.46. The third-order valence-electron chi connectivity index (χ3n) is 3.22. The number of methoxy groups -OCH3 is 1. The maximum atomic E-state index is 12.8. The van der Waals surface area contributed by atoms with Crippen LogP contribution in [0.15, 0.2) is 54.6 Å². The van der Waals surface area contributed by atoms with Gasteiger partial charge in [0, 0.05) is 11.8 Å². The van der Waals surface area contributed by atoms with Crippen LogP contribution in [0, 0.1) is 5.82 Å². The lowest BCUT2D eigenvalue weighted by molar-refractivity contribution is -0.142. The lowest BCUT2D eigenvalue weighted by Gasteiger charge is -2.05. The highest BCUT2D eigenvalue weighted by molar-refractivity contribution is 5.94. The first kappa shape index (κ1) is 18.9. The summed E-state index contributed by atoms with van der Waals surface area (Å²) in [6.07, 6.45) is 2.65. The fourth-order valence-corrected chi connectivity index (χ4v) is 1.93. The van der Waals surface area contributed by atoms with E-state index in [9.17, 15) is 18.8 Å². The standard InChI is InChI=1S/C19H16FNO5/c1-25-19(24)14-5-2-13(3-6-14)4-11-18(23)26-12-17(22)21-16-9-7-15(20)8-10-16/h2-11H,12H2,1H3,(H,21,22)/b11-4+. The van der Waals surface area contributed by atoms with Crippen LogP contribution in [-0.4, -0.2) is 31.6 Å². The van der Waals surface area contributed by atoms with Crippen LogP contribution in [0.5, 0.6) is 0 Å². The molecular weight excluding hydrogens is 341 g/mol. The Balaban J connectivity index is 1.80. The van der Waals surface area contributed by atoms with E-state index in [1.54, 1.807) is 24.3 Å². The summed E-state index contributed by atoms with van der Waals surface area (Å²) in [7, 11) is 1.29. The van der Waals surface area contributed by atoms with Crippen molar-refractivity contribution in [2.45, 2.75) is 0 Å². The summed E-state index contributed by atoms with van der Waals surface area (Å²) in [5.74, 6) is -2.11. The highest BCUT2D eigenvalue weighted by Gasteiger charge is 2.06. The van der Waals surface area contributed by atoms with Gasteiger partial charge in [0.1, 0.15) is 5.82 Å². The number of anilines is 1. The Morgan fingerprint density at radius 1 is 1.04 bits per heavy atom. The predicted molar refractivity (Wildman–Crippen MR) is 92.8 cm³/mol. The summed E-state index contributed by atoms with van der Waals surface area (Å²) in [5, 5.41) is 2.47. The number of carbonyl (C=O) groups excluding carboxylic acids is 3. The Morgan fingerprint density at radius 2 is 1.69 bits per heavy atom. The molecule has 0 bridgehead atoms. The Labute approximate surface area is 149 Å². The lowest BCUT2D eigenvalue weighted by Crippen LogP contribution is -2.20. The van der Waals surface area contributed by atoms with Crippen LogP contribution in [0.1, 0.15) is 15.9 Å².